The van der Waals surface area contributed by atoms with Crippen LogP contribution in [-0.2, 0) is 9.59 Å². The number of thiazole rings is 1. The minimum absolute atomic E-state index is 0.114. The molecule has 0 radical (unpaired) electrons. The van der Waals surface area contributed by atoms with E-state index in [1.165, 1.54) is 37.6 Å². The maximum Gasteiger partial charge on any atom is 0.301 e. The SMILES string of the molecule is CCOc1cccc(C(O)=C2C(=O)C(=O)N(c3nc4ccc(OCC)cc4s3)C2c2cc(OC)c(OC)c(OC)c2)c1. The van der Waals surface area contributed by atoms with Gasteiger partial charge in [0.2, 0.25) is 5.75 Å². The van der Waals surface area contributed by atoms with Crippen molar-refractivity contribution in [3.8, 4) is 28.7 Å². The van der Waals surface area contributed by atoms with Crippen molar-refractivity contribution in [1.29, 1.82) is 0 Å². The summed E-state index contributed by atoms with van der Waals surface area (Å²) in [5, 5.41) is 11.9. The first-order valence-corrected chi connectivity index (χ1v) is 14.0. The van der Waals surface area contributed by atoms with Gasteiger partial charge in [0.1, 0.15) is 17.3 Å². The lowest BCUT2D eigenvalue weighted by molar-refractivity contribution is -0.132. The Balaban J connectivity index is 1.75. The van der Waals surface area contributed by atoms with Crippen molar-refractivity contribution in [2.45, 2.75) is 19.9 Å². The number of rotatable bonds is 10. The molecule has 1 aliphatic rings. The minimum atomic E-state index is -1.07. The van der Waals surface area contributed by atoms with Crippen LogP contribution < -0.4 is 28.6 Å². The highest BCUT2D eigenvalue weighted by Crippen LogP contribution is 2.48. The monoisotopic (exact) mass is 590 g/mol. The van der Waals surface area contributed by atoms with Gasteiger partial charge in [0, 0.05) is 5.56 Å². The van der Waals surface area contributed by atoms with Gasteiger partial charge in [-0.2, -0.15) is 0 Å². The highest BCUT2D eigenvalue weighted by molar-refractivity contribution is 7.22. The molecular weight excluding hydrogens is 560 g/mol. The molecule has 1 saturated heterocycles. The van der Waals surface area contributed by atoms with E-state index in [0.29, 0.717) is 58.6 Å². The molecule has 1 unspecified atom stereocenters. The lowest BCUT2D eigenvalue weighted by atomic mass is 9.94. The van der Waals surface area contributed by atoms with Crippen molar-refractivity contribution in [2.24, 2.45) is 0 Å². The van der Waals surface area contributed by atoms with Crippen LogP contribution >= 0.6 is 11.3 Å². The Morgan fingerprint density at radius 1 is 0.905 bits per heavy atom. The second kappa shape index (κ2) is 12.0. The summed E-state index contributed by atoms with van der Waals surface area (Å²) in [7, 11) is 4.43. The lowest BCUT2D eigenvalue weighted by Crippen LogP contribution is -2.29. The number of carbonyl (C=O) groups is 2. The Labute approximate surface area is 246 Å². The summed E-state index contributed by atoms with van der Waals surface area (Å²) in [5.41, 5.74) is 1.29. The zero-order chi connectivity index (χ0) is 30.0. The first-order valence-electron chi connectivity index (χ1n) is 13.2. The number of ether oxygens (including phenoxy) is 5. The standard InChI is InChI=1S/C31H30N2O8S/c1-6-40-19-10-8-9-17(13-19)27(34)25-26(18-14-22(37-3)29(39-5)23(15-18)38-4)33(30(36)28(25)35)31-32-21-12-11-20(41-7-2)16-24(21)42-31/h8-16,26,34H,6-7H2,1-5H3. The van der Waals surface area contributed by atoms with Crippen LogP contribution in [0.3, 0.4) is 0 Å². The summed E-state index contributed by atoms with van der Waals surface area (Å²) < 4.78 is 28.6. The van der Waals surface area contributed by atoms with Gasteiger partial charge in [0.05, 0.1) is 56.4 Å². The summed E-state index contributed by atoms with van der Waals surface area (Å²) in [6, 6.07) is 14.4. The molecule has 0 spiro atoms. The molecule has 1 fully saturated rings. The molecule has 3 aromatic carbocycles. The van der Waals surface area contributed by atoms with E-state index in [1.807, 2.05) is 19.9 Å². The van der Waals surface area contributed by atoms with E-state index in [2.05, 4.69) is 4.98 Å². The summed E-state index contributed by atoms with van der Waals surface area (Å²) >= 11 is 1.24. The van der Waals surface area contributed by atoms with Crippen molar-refractivity contribution in [1.82, 2.24) is 4.98 Å². The predicted molar refractivity (Wildman–Crippen MR) is 159 cm³/mol. The van der Waals surface area contributed by atoms with E-state index in [0.717, 1.165) is 4.70 Å². The Hall–Kier alpha value is -4.77. The zero-order valence-electron chi connectivity index (χ0n) is 23.8. The molecule has 4 aromatic rings. The second-order valence-corrected chi connectivity index (χ2v) is 10.2. The number of benzene rings is 3. The molecule has 42 heavy (non-hydrogen) atoms. The lowest BCUT2D eigenvalue weighted by Gasteiger charge is -2.24. The van der Waals surface area contributed by atoms with Crippen LogP contribution in [0.15, 0.2) is 60.2 Å². The van der Waals surface area contributed by atoms with Crippen LogP contribution in [0.2, 0.25) is 0 Å². The number of fused-ring (bicyclic) bond motifs is 1. The quantitative estimate of drug-likeness (QED) is 0.140. The van der Waals surface area contributed by atoms with Gasteiger partial charge in [0.15, 0.2) is 16.6 Å². The summed E-state index contributed by atoms with van der Waals surface area (Å²) in [5.74, 6) is 0.115. The molecule has 218 valence electrons. The van der Waals surface area contributed by atoms with Gasteiger partial charge >= 0.3 is 5.91 Å². The van der Waals surface area contributed by atoms with Crippen molar-refractivity contribution >= 4 is 44.1 Å². The third-order valence-electron chi connectivity index (χ3n) is 6.73. The number of nitrogens with zero attached hydrogens (tertiary/aromatic N) is 2. The smallest absolute Gasteiger partial charge is 0.301 e. The fourth-order valence-electron chi connectivity index (χ4n) is 4.91. The number of ketones is 1. The van der Waals surface area contributed by atoms with Crippen LogP contribution in [0.4, 0.5) is 5.13 Å². The zero-order valence-corrected chi connectivity index (χ0v) is 24.6. The number of hydrogen-bond donors (Lipinski definition) is 1. The number of anilines is 1. The minimum Gasteiger partial charge on any atom is -0.507 e. The number of methoxy groups -OCH3 is 3. The van der Waals surface area contributed by atoms with Crippen LogP contribution in [0, 0.1) is 0 Å². The molecule has 10 nitrogen and oxygen atoms in total. The van der Waals surface area contributed by atoms with E-state index >= 15 is 0 Å². The van der Waals surface area contributed by atoms with E-state index in [4.69, 9.17) is 23.7 Å². The topological polar surface area (TPSA) is 117 Å². The first-order chi connectivity index (χ1) is 20.3. The second-order valence-electron chi connectivity index (χ2n) is 9.15. The Morgan fingerprint density at radius 2 is 1.57 bits per heavy atom. The normalized spacial score (nSPS) is 16.1. The molecule has 11 heteroatoms. The molecule has 1 aliphatic heterocycles. The molecule has 2 heterocycles. The summed E-state index contributed by atoms with van der Waals surface area (Å²) in [4.78, 5) is 33.4. The van der Waals surface area contributed by atoms with E-state index < -0.39 is 17.7 Å². The van der Waals surface area contributed by atoms with Crippen molar-refractivity contribution in [2.75, 3.05) is 39.4 Å². The molecule has 5 rings (SSSR count). The summed E-state index contributed by atoms with van der Waals surface area (Å²) in [6.07, 6.45) is 0. The van der Waals surface area contributed by atoms with Crippen molar-refractivity contribution in [3.05, 3.63) is 71.3 Å². The van der Waals surface area contributed by atoms with Crippen LogP contribution in [-0.4, -0.2) is 56.3 Å². The number of aliphatic hydroxyl groups excluding tert-OH is 1. The number of Topliss-reactive ketones (excluding diaryl/α,β-unsaturated/α-hetero) is 1. The van der Waals surface area contributed by atoms with E-state index in [1.54, 1.807) is 48.5 Å². The highest BCUT2D eigenvalue weighted by atomic mass is 32.1. The van der Waals surface area contributed by atoms with Gasteiger partial charge in [0.25, 0.3) is 5.78 Å². The average Bonchev–Trinajstić information content (AvgIpc) is 3.53. The van der Waals surface area contributed by atoms with Gasteiger partial charge in [-0.1, -0.05) is 23.5 Å². The fourth-order valence-corrected chi connectivity index (χ4v) is 5.93. The van der Waals surface area contributed by atoms with Gasteiger partial charge < -0.3 is 28.8 Å². The highest BCUT2D eigenvalue weighted by Gasteiger charge is 2.48. The van der Waals surface area contributed by atoms with Crippen molar-refractivity contribution < 1.29 is 38.4 Å². The molecular formula is C31H30N2O8S. The number of amides is 1. The Bertz CT molecular complexity index is 1670. The van der Waals surface area contributed by atoms with E-state index in [-0.39, 0.29) is 16.5 Å². The third kappa shape index (κ3) is 5.07. The van der Waals surface area contributed by atoms with Crippen molar-refractivity contribution in [3.63, 3.8) is 0 Å². The maximum absolute atomic E-state index is 13.7. The molecule has 0 saturated carbocycles. The van der Waals surface area contributed by atoms with Gasteiger partial charge in [-0.15, -0.1) is 0 Å². The molecule has 0 bridgehead atoms. The largest absolute Gasteiger partial charge is 0.507 e. The fraction of sp³-hybridized carbons (Fsp3) is 0.258. The Morgan fingerprint density at radius 3 is 2.19 bits per heavy atom. The molecule has 1 atom stereocenters. The average molecular weight is 591 g/mol. The predicted octanol–water partition coefficient (Wildman–Crippen LogP) is 5.75. The van der Waals surface area contributed by atoms with Gasteiger partial charge in [-0.25, -0.2) is 4.98 Å². The maximum atomic E-state index is 13.7. The van der Waals surface area contributed by atoms with Crippen LogP contribution in [0.1, 0.15) is 31.0 Å². The Kier molecular flexibility index (Phi) is 8.21. The first kappa shape index (κ1) is 28.7. The van der Waals surface area contributed by atoms with Gasteiger partial charge in [-0.05, 0) is 61.9 Å². The van der Waals surface area contributed by atoms with Crippen LogP contribution in [0.5, 0.6) is 28.7 Å². The number of hydrogen-bond acceptors (Lipinski definition) is 10. The molecule has 1 amide bonds. The van der Waals surface area contributed by atoms with Crippen LogP contribution in [0.25, 0.3) is 16.0 Å². The molecule has 0 aliphatic carbocycles. The van der Waals surface area contributed by atoms with Gasteiger partial charge in [-0.3, -0.25) is 14.5 Å². The third-order valence-corrected chi connectivity index (χ3v) is 7.75. The summed E-state index contributed by atoms with van der Waals surface area (Å²) in [6.45, 7) is 4.65. The van der Waals surface area contributed by atoms with E-state index in [9.17, 15) is 14.7 Å². The number of carbonyl (C=O) groups excluding carboxylic acids is 2. The molecule has 1 aromatic heterocycles. The molecule has 1 N–H and O–H groups in total. The number of aromatic nitrogens is 1. The number of aliphatic hydroxyl groups is 1.